The molecule has 5 nitrogen and oxygen atoms in total. The molecule has 2 heterocycles. The molecule has 0 saturated heterocycles. The van der Waals surface area contributed by atoms with Crippen LogP contribution in [0.25, 0.3) is 0 Å². The van der Waals surface area contributed by atoms with Gasteiger partial charge in [-0.15, -0.1) is 0 Å². The maximum atomic E-state index is 14.1. The minimum absolute atomic E-state index is 0.0415. The smallest absolute Gasteiger partial charge is 0.254 e. The minimum Gasteiger partial charge on any atom is -0.362 e. The molecule has 2 aliphatic rings. The first-order valence-electron chi connectivity index (χ1n) is 10.1. The van der Waals surface area contributed by atoms with Crippen LogP contribution in [0.5, 0.6) is 0 Å². The Kier molecular flexibility index (Phi) is 5.21. The summed E-state index contributed by atoms with van der Waals surface area (Å²) in [5.74, 6) is -2.90. The molecule has 0 fully saturated rings. The van der Waals surface area contributed by atoms with Crippen LogP contribution in [-0.2, 0) is 9.59 Å². The molecule has 0 spiro atoms. The minimum atomic E-state index is -0.875. The first-order chi connectivity index (χ1) is 14.7. The van der Waals surface area contributed by atoms with Crippen molar-refractivity contribution in [3.63, 3.8) is 0 Å². The third-order valence-corrected chi connectivity index (χ3v) is 5.65. The summed E-state index contributed by atoms with van der Waals surface area (Å²) >= 11 is 0. The van der Waals surface area contributed by atoms with Crippen LogP contribution in [0.4, 0.5) is 14.5 Å². The number of carbonyl (C=O) groups is 2. The Morgan fingerprint density at radius 3 is 2.65 bits per heavy atom. The standard InChI is InChI=1S/C24H23F2N3O2/c1-13-20(23(31)29-16-8-7-14(25)10-15(16)26)22(17-6-4-5-9-27-17)21-18(28-13)11-24(2,3)12-19(21)30/h4-10,22,28H,11-12H2,1-3H3,(H,29,31)/t22-/m0/s1. The van der Waals surface area contributed by atoms with Gasteiger partial charge in [0.1, 0.15) is 11.6 Å². The number of anilines is 1. The van der Waals surface area contributed by atoms with Gasteiger partial charge >= 0.3 is 0 Å². The Bertz CT molecular complexity index is 1140. The van der Waals surface area contributed by atoms with Crippen LogP contribution in [0.3, 0.4) is 0 Å². The molecule has 0 bridgehead atoms. The number of Topliss-reactive ketones (excluding diaryl/α,β-unsaturated/α-hetero) is 1. The number of dihydropyridines is 1. The summed E-state index contributed by atoms with van der Waals surface area (Å²) < 4.78 is 27.4. The second kappa shape index (κ2) is 7.72. The van der Waals surface area contributed by atoms with Crippen LogP contribution in [0.2, 0.25) is 0 Å². The lowest BCUT2D eigenvalue weighted by Crippen LogP contribution is -2.39. The average molecular weight is 423 g/mol. The van der Waals surface area contributed by atoms with E-state index in [1.807, 2.05) is 13.8 Å². The summed E-state index contributed by atoms with van der Waals surface area (Å²) in [4.78, 5) is 30.9. The van der Waals surface area contributed by atoms with Gasteiger partial charge in [-0.25, -0.2) is 8.78 Å². The molecule has 7 heteroatoms. The van der Waals surface area contributed by atoms with Crippen LogP contribution in [0.1, 0.15) is 45.2 Å². The van der Waals surface area contributed by atoms with Crippen molar-refractivity contribution in [1.29, 1.82) is 0 Å². The van der Waals surface area contributed by atoms with E-state index in [-0.39, 0.29) is 22.5 Å². The molecule has 0 radical (unpaired) electrons. The van der Waals surface area contributed by atoms with Crippen molar-refractivity contribution in [1.82, 2.24) is 10.3 Å². The van der Waals surface area contributed by atoms with Crippen LogP contribution in [0, 0.1) is 17.0 Å². The second-order valence-electron chi connectivity index (χ2n) is 8.76. The highest BCUT2D eigenvalue weighted by atomic mass is 19.1. The van der Waals surface area contributed by atoms with E-state index in [1.165, 1.54) is 6.07 Å². The highest BCUT2D eigenvalue weighted by Crippen LogP contribution is 2.46. The van der Waals surface area contributed by atoms with E-state index in [1.54, 1.807) is 31.3 Å². The zero-order chi connectivity index (χ0) is 22.3. The van der Waals surface area contributed by atoms with Crippen LogP contribution >= 0.6 is 0 Å². The van der Waals surface area contributed by atoms with E-state index in [0.29, 0.717) is 35.9 Å². The molecule has 1 aromatic heterocycles. The molecular formula is C24H23F2N3O2. The zero-order valence-electron chi connectivity index (χ0n) is 17.6. The fourth-order valence-corrected chi connectivity index (χ4v) is 4.36. The first-order valence-corrected chi connectivity index (χ1v) is 10.1. The van der Waals surface area contributed by atoms with Crippen LogP contribution in [0.15, 0.2) is 65.1 Å². The predicted molar refractivity (Wildman–Crippen MR) is 113 cm³/mol. The molecule has 2 N–H and O–H groups in total. The van der Waals surface area contributed by atoms with Gasteiger partial charge in [0.05, 0.1) is 17.3 Å². The van der Waals surface area contributed by atoms with Crippen molar-refractivity contribution in [3.8, 4) is 0 Å². The lowest BCUT2D eigenvalue weighted by atomic mass is 9.69. The van der Waals surface area contributed by atoms with Crippen molar-refractivity contribution in [3.05, 3.63) is 82.5 Å². The topological polar surface area (TPSA) is 71.1 Å². The summed E-state index contributed by atoms with van der Waals surface area (Å²) in [5, 5.41) is 5.76. The van der Waals surface area contributed by atoms with E-state index in [9.17, 15) is 18.4 Å². The van der Waals surface area contributed by atoms with Gasteiger partial charge in [-0.05, 0) is 43.0 Å². The Labute approximate surface area is 179 Å². The van der Waals surface area contributed by atoms with Gasteiger partial charge in [-0.1, -0.05) is 19.9 Å². The van der Waals surface area contributed by atoms with E-state index in [2.05, 4.69) is 15.6 Å². The third kappa shape index (κ3) is 4.00. The monoisotopic (exact) mass is 423 g/mol. The Morgan fingerprint density at radius 1 is 1.19 bits per heavy atom. The van der Waals surface area contributed by atoms with Gasteiger partial charge in [0, 0.05) is 41.2 Å². The molecule has 1 aliphatic heterocycles. The number of rotatable bonds is 3. The van der Waals surface area contributed by atoms with E-state index in [4.69, 9.17) is 0 Å². The van der Waals surface area contributed by atoms with Gasteiger partial charge < -0.3 is 10.6 Å². The highest BCUT2D eigenvalue weighted by molar-refractivity contribution is 6.09. The van der Waals surface area contributed by atoms with Crippen LogP contribution in [-0.4, -0.2) is 16.7 Å². The van der Waals surface area contributed by atoms with Gasteiger partial charge in [0.2, 0.25) is 0 Å². The van der Waals surface area contributed by atoms with Crippen molar-refractivity contribution < 1.29 is 18.4 Å². The van der Waals surface area contributed by atoms with Gasteiger partial charge in [0.15, 0.2) is 5.78 Å². The largest absolute Gasteiger partial charge is 0.362 e. The third-order valence-electron chi connectivity index (χ3n) is 5.65. The average Bonchev–Trinajstić information content (AvgIpc) is 2.68. The molecule has 1 aliphatic carbocycles. The predicted octanol–water partition coefficient (Wildman–Crippen LogP) is 4.60. The number of aromatic nitrogens is 1. The SMILES string of the molecule is CC1=C(C(=O)Nc2ccc(F)cc2F)[C@H](c2ccccn2)C2=C(CC(C)(C)CC2=O)N1. The van der Waals surface area contributed by atoms with Gasteiger partial charge in [-0.2, -0.15) is 0 Å². The number of amides is 1. The maximum Gasteiger partial charge on any atom is 0.254 e. The zero-order valence-corrected chi connectivity index (χ0v) is 17.6. The lowest BCUT2D eigenvalue weighted by molar-refractivity contribution is -0.118. The van der Waals surface area contributed by atoms with E-state index >= 15 is 0 Å². The van der Waals surface area contributed by atoms with E-state index in [0.717, 1.165) is 11.8 Å². The molecule has 160 valence electrons. The highest BCUT2D eigenvalue weighted by Gasteiger charge is 2.43. The van der Waals surface area contributed by atoms with Crippen molar-refractivity contribution in [2.45, 2.75) is 39.5 Å². The molecule has 2 aromatic rings. The normalized spacial score (nSPS) is 20.3. The number of nitrogens with one attached hydrogen (secondary N) is 2. The summed E-state index contributed by atoms with van der Waals surface area (Å²) in [7, 11) is 0. The molecule has 1 aromatic carbocycles. The quantitative estimate of drug-likeness (QED) is 0.757. The number of allylic oxidation sites excluding steroid dienone is 3. The Balaban J connectivity index is 1.79. The summed E-state index contributed by atoms with van der Waals surface area (Å²) in [6, 6.07) is 8.28. The summed E-state index contributed by atoms with van der Waals surface area (Å²) in [6.45, 7) is 5.82. The maximum absolute atomic E-state index is 14.1. The van der Waals surface area contributed by atoms with Gasteiger partial charge in [0.25, 0.3) is 5.91 Å². The number of carbonyl (C=O) groups excluding carboxylic acids is 2. The first kappa shape index (κ1) is 20.9. The number of nitrogens with zero attached hydrogens (tertiary/aromatic N) is 1. The molecule has 31 heavy (non-hydrogen) atoms. The Hall–Kier alpha value is -3.35. The number of benzene rings is 1. The summed E-state index contributed by atoms with van der Waals surface area (Å²) in [6.07, 6.45) is 2.63. The van der Waals surface area contributed by atoms with Crippen molar-refractivity contribution in [2.24, 2.45) is 5.41 Å². The van der Waals surface area contributed by atoms with Gasteiger partial charge in [-0.3, -0.25) is 14.6 Å². The van der Waals surface area contributed by atoms with Crippen molar-refractivity contribution in [2.75, 3.05) is 5.32 Å². The fourth-order valence-electron chi connectivity index (χ4n) is 4.36. The number of hydrogen-bond acceptors (Lipinski definition) is 4. The number of ketones is 1. The Morgan fingerprint density at radius 2 is 1.97 bits per heavy atom. The molecule has 0 saturated carbocycles. The number of halogens is 2. The van der Waals surface area contributed by atoms with E-state index < -0.39 is 23.5 Å². The summed E-state index contributed by atoms with van der Waals surface area (Å²) in [5.41, 5.74) is 2.40. The number of hydrogen-bond donors (Lipinski definition) is 2. The van der Waals surface area contributed by atoms with Crippen LogP contribution < -0.4 is 10.6 Å². The molecule has 1 atom stereocenters. The molecule has 4 rings (SSSR count). The lowest BCUT2D eigenvalue weighted by Gasteiger charge is -2.39. The fraction of sp³-hybridized carbons (Fsp3) is 0.292. The molecule has 0 unspecified atom stereocenters. The van der Waals surface area contributed by atoms with Crippen molar-refractivity contribution >= 4 is 17.4 Å². The molecular weight excluding hydrogens is 400 g/mol. The number of pyridine rings is 1. The molecule has 1 amide bonds. The second-order valence-corrected chi connectivity index (χ2v) is 8.76.